The Kier molecular flexibility index (Phi) is 4.94. The summed E-state index contributed by atoms with van der Waals surface area (Å²) in [5.74, 6) is 0.781. The minimum absolute atomic E-state index is 0.0462. The molecule has 3 aromatic rings. The molecule has 3 rings (SSSR count). The number of sulfonamides is 1. The maximum Gasteiger partial charge on any atom is 0.280 e. The van der Waals surface area contributed by atoms with E-state index in [4.69, 9.17) is 4.74 Å². The molecule has 2 aromatic carbocycles. The predicted molar refractivity (Wildman–Crippen MR) is 95.9 cm³/mol. The van der Waals surface area contributed by atoms with Gasteiger partial charge in [0.15, 0.2) is 5.03 Å². The minimum Gasteiger partial charge on any atom is -0.489 e. The van der Waals surface area contributed by atoms with E-state index in [-0.39, 0.29) is 17.5 Å². The second-order valence-corrected chi connectivity index (χ2v) is 7.42. The second kappa shape index (κ2) is 7.17. The summed E-state index contributed by atoms with van der Waals surface area (Å²) in [6, 6.07) is 12.6. The summed E-state index contributed by atoms with van der Waals surface area (Å²) in [4.78, 5) is 4.03. The van der Waals surface area contributed by atoms with Gasteiger partial charge in [-0.2, -0.15) is 8.42 Å². The van der Waals surface area contributed by atoms with Crippen LogP contribution < -0.4 is 9.46 Å². The van der Waals surface area contributed by atoms with Crippen LogP contribution in [0.4, 0.5) is 10.1 Å². The summed E-state index contributed by atoms with van der Waals surface area (Å²) >= 11 is 0. The molecule has 0 bridgehead atoms. The molecule has 1 aromatic heterocycles. The molecule has 0 aliphatic rings. The average Bonchev–Trinajstić information content (AvgIpc) is 2.94. The van der Waals surface area contributed by atoms with E-state index in [0.29, 0.717) is 17.3 Å². The third-order valence-corrected chi connectivity index (χ3v) is 5.02. The molecule has 0 atom stereocenters. The van der Waals surface area contributed by atoms with E-state index < -0.39 is 10.0 Å². The van der Waals surface area contributed by atoms with Crippen molar-refractivity contribution in [2.75, 3.05) is 4.72 Å². The molecule has 0 radical (unpaired) electrons. The summed E-state index contributed by atoms with van der Waals surface area (Å²) in [5.41, 5.74) is 1.17. The number of nitrogens with zero attached hydrogens (tertiary/aromatic N) is 2. The number of rotatable bonds is 6. The van der Waals surface area contributed by atoms with Crippen LogP contribution >= 0.6 is 0 Å². The molecule has 0 spiro atoms. The number of aryl methyl sites for hydroxylation is 2. The fourth-order valence-electron chi connectivity index (χ4n) is 2.26. The van der Waals surface area contributed by atoms with Crippen LogP contribution in [0.5, 0.6) is 5.75 Å². The molecule has 0 aliphatic heterocycles. The maximum atomic E-state index is 12.9. The molecule has 26 heavy (non-hydrogen) atoms. The largest absolute Gasteiger partial charge is 0.489 e. The zero-order valence-electron chi connectivity index (χ0n) is 14.3. The Bertz CT molecular complexity index is 995. The first kappa shape index (κ1) is 17.9. The molecular weight excluding hydrogens is 357 g/mol. The standard InChI is InChI=1S/C18H18FN3O3S/c1-13-20-18(11-22(13)2)26(23,24)21-16-4-3-5-17(10-16)25-12-14-6-8-15(19)9-7-14/h3-11,21H,12H2,1-2H3. The highest BCUT2D eigenvalue weighted by molar-refractivity contribution is 7.92. The molecule has 6 nitrogen and oxygen atoms in total. The Labute approximate surface area is 151 Å². The van der Waals surface area contributed by atoms with Crippen LogP contribution in [0.2, 0.25) is 0 Å². The lowest BCUT2D eigenvalue weighted by Gasteiger charge is -2.10. The number of aromatic nitrogens is 2. The van der Waals surface area contributed by atoms with Crippen molar-refractivity contribution in [2.45, 2.75) is 18.6 Å². The molecule has 0 fully saturated rings. The van der Waals surface area contributed by atoms with Gasteiger partial charge in [-0.15, -0.1) is 0 Å². The summed E-state index contributed by atoms with van der Waals surface area (Å²) < 4.78 is 47.5. The maximum absolute atomic E-state index is 12.9. The molecule has 0 saturated heterocycles. The van der Waals surface area contributed by atoms with Crippen molar-refractivity contribution in [1.29, 1.82) is 0 Å². The van der Waals surface area contributed by atoms with Crippen molar-refractivity contribution >= 4 is 15.7 Å². The van der Waals surface area contributed by atoms with Crippen LogP contribution in [0.15, 0.2) is 59.8 Å². The average molecular weight is 375 g/mol. The fraction of sp³-hybridized carbons (Fsp3) is 0.167. The van der Waals surface area contributed by atoms with Gasteiger partial charge in [-0.05, 0) is 36.8 Å². The van der Waals surface area contributed by atoms with Gasteiger partial charge in [0.2, 0.25) is 0 Å². The van der Waals surface area contributed by atoms with E-state index in [1.54, 1.807) is 54.9 Å². The SMILES string of the molecule is Cc1nc(S(=O)(=O)Nc2cccc(OCc3ccc(F)cc3)c2)cn1C. The van der Waals surface area contributed by atoms with Gasteiger partial charge in [-0.3, -0.25) is 4.72 Å². The molecule has 1 heterocycles. The highest BCUT2D eigenvalue weighted by atomic mass is 32.2. The summed E-state index contributed by atoms with van der Waals surface area (Å²) in [7, 11) is -2.06. The van der Waals surface area contributed by atoms with Crippen LogP contribution in [0.25, 0.3) is 0 Å². The van der Waals surface area contributed by atoms with Crippen LogP contribution in [-0.2, 0) is 23.7 Å². The lowest BCUT2D eigenvalue weighted by Crippen LogP contribution is -2.13. The second-order valence-electron chi connectivity index (χ2n) is 5.79. The Morgan fingerprint density at radius 1 is 1.19 bits per heavy atom. The quantitative estimate of drug-likeness (QED) is 0.718. The van der Waals surface area contributed by atoms with Gasteiger partial charge < -0.3 is 9.30 Å². The van der Waals surface area contributed by atoms with E-state index in [0.717, 1.165) is 5.56 Å². The van der Waals surface area contributed by atoms with Crippen molar-refractivity contribution in [2.24, 2.45) is 7.05 Å². The van der Waals surface area contributed by atoms with E-state index in [2.05, 4.69) is 9.71 Å². The first-order valence-electron chi connectivity index (χ1n) is 7.83. The Hall–Kier alpha value is -2.87. The molecule has 8 heteroatoms. The van der Waals surface area contributed by atoms with Gasteiger partial charge in [-0.25, -0.2) is 9.37 Å². The van der Waals surface area contributed by atoms with E-state index >= 15 is 0 Å². The van der Waals surface area contributed by atoms with Crippen molar-refractivity contribution in [3.63, 3.8) is 0 Å². The topological polar surface area (TPSA) is 73.2 Å². The number of hydrogen-bond acceptors (Lipinski definition) is 4. The van der Waals surface area contributed by atoms with E-state index in [1.165, 1.54) is 18.3 Å². The van der Waals surface area contributed by atoms with Gasteiger partial charge in [0.1, 0.15) is 24.0 Å². The molecule has 0 unspecified atom stereocenters. The number of imidazole rings is 1. The van der Waals surface area contributed by atoms with Crippen LogP contribution in [-0.4, -0.2) is 18.0 Å². The third-order valence-electron chi connectivity index (χ3n) is 3.77. The summed E-state index contributed by atoms with van der Waals surface area (Å²) in [5, 5.41) is -0.0462. The Balaban J connectivity index is 1.71. The first-order valence-corrected chi connectivity index (χ1v) is 9.32. The third kappa shape index (κ3) is 4.20. The zero-order valence-corrected chi connectivity index (χ0v) is 15.1. The zero-order chi connectivity index (χ0) is 18.7. The van der Waals surface area contributed by atoms with Crippen LogP contribution in [0, 0.1) is 12.7 Å². The predicted octanol–water partition coefficient (Wildman–Crippen LogP) is 3.25. The number of benzene rings is 2. The Morgan fingerprint density at radius 2 is 1.92 bits per heavy atom. The summed E-state index contributed by atoms with van der Waals surface area (Å²) in [6.07, 6.45) is 1.45. The fourth-order valence-corrected chi connectivity index (χ4v) is 3.35. The molecule has 1 N–H and O–H groups in total. The van der Waals surface area contributed by atoms with Crippen molar-refractivity contribution < 1.29 is 17.5 Å². The van der Waals surface area contributed by atoms with Crippen LogP contribution in [0.1, 0.15) is 11.4 Å². The van der Waals surface area contributed by atoms with Gasteiger partial charge in [0.05, 0.1) is 5.69 Å². The monoisotopic (exact) mass is 375 g/mol. The first-order chi connectivity index (χ1) is 12.3. The lowest BCUT2D eigenvalue weighted by molar-refractivity contribution is 0.306. The smallest absolute Gasteiger partial charge is 0.280 e. The number of anilines is 1. The normalized spacial score (nSPS) is 11.3. The van der Waals surface area contributed by atoms with Gasteiger partial charge in [-0.1, -0.05) is 18.2 Å². The van der Waals surface area contributed by atoms with Crippen LogP contribution in [0.3, 0.4) is 0 Å². The van der Waals surface area contributed by atoms with E-state index in [1.807, 2.05) is 0 Å². The molecule has 0 saturated carbocycles. The number of halogens is 1. The van der Waals surface area contributed by atoms with E-state index in [9.17, 15) is 12.8 Å². The van der Waals surface area contributed by atoms with Gasteiger partial charge in [0, 0.05) is 19.3 Å². The van der Waals surface area contributed by atoms with Crippen molar-refractivity contribution in [1.82, 2.24) is 9.55 Å². The minimum atomic E-state index is -3.78. The molecule has 136 valence electrons. The Morgan fingerprint density at radius 3 is 2.58 bits per heavy atom. The molecular formula is C18H18FN3O3S. The number of hydrogen-bond donors (Lipinski definition) is 1. The highest BCUT2D eigenvalue weighted by Crippen LogP contribution is 2.21. The van der Waals surface area contributed by atoms with Crippen molar-refractivity contribution in [3.05, 3.63) is 71.9 Å². The summed E-state index contributed by atoms with van der Waals surface area (Å²) in [6.45, 7) is 1.97. The highest BCUT2D eigenvalue weighted by Gasteiger charge is 2.18. The molecule has 0 aliphatic carbocycles. The van der Waals surface area contributed by atoms with Gasteiger partial charge in [0.25, 0.3) is 10.0 Å². The lowest BCUT2D eigenvalue weighted by atomic mass is 10.2. The number of ether oxygens (including phenoxy) is 1. The number of nitrogens with one attached hydrogen (secondary N) is 1. The molecule has 0 amide bonds. The van der Waals surface area contributed by atoms with Crippen molar-refractivity contribution in [3.8, 4) is 5.75 Å². The van der Waals surface area contributed by atoms with Gasteiger partial charge >= 0.3 is 0 Å².